The van der Waals surface area contributed by atoms with Crippen molar-refractivity contribution in [3.8, 4) is 0 Å². The summed E-state index contributed by atoms with van der Waals surface area (Å²) in [7, 11) is 3.22. The third-order valence-corrected chi connectivity index (χ3v) is 3.18. The van der Waals surface area contributed by atoms with Crippen LogP contribution in [0, 0.1) is 5.92 Å². The Morgan fingerprint density at radius 3 is 2.90 bits per heavy atom. The first kappa shape index (κ1) is 17.7. The van der Waals surface area contributed by atoms with Gasteiger partial charge in [0.25, 0.3) is 0 Å². The van der Waals surface area contributed by atoms with E-state index in [0.717, 1.165) is 0 Å². The first-order valence-electron chi connectivity index (χ1n) is 6.01. The number of rotatable bonds is 4. The molecular weight excluding hydrogens is 339 g/mol. The molecule has 1 aromatic rings. The fourth-order valence-corrected chi connectivity index (χ4v) is 2.10. The van der Waals surface area contributed by atoms with Gasteiger partial charge in [0.1, 0.15) is 5.82 Å². The van der Waals surface area contributed by atoms with Crippen LogP contribution in [0.25, 0.3) is 0 Å². The number of nitrogens with one attached hydrogen (secondary N) is 1. The minimum Gasteiger partial charge on any atom is -0.422 e. The molecule has 2 rings (SSSR count). The summed E-state index contributed by atoms with van der Waals surface area (Å²) in [5.74, 6) is 1.16. The van der Waals surface area contributed by atoms with E-state index < -0.39 is 24.1 Å². The molecular formula is C12H18N3O4Y-. The molecule has 0 spiro atoms. The van der Waals surface area contributed by atoms with E-state index in [-0.39, 0.29) is 39.3 Å². The Kier molecular flexibility index (Phi) is 6.74. The molecule has 1 aliphatic rings. The maximum atomic E-state index is 11.9. The molecule has 1 aliphatic heterocycles. The first-order valence-corrected chi connectivity index (χ1v) is 6.01. The summed E-state index contributed by atoms with van der Waals surface area (Å²) in [6.45, 7) is 2.02. The van der Waals surface area contributed by atoms with Gasteiger partial charge in [0.05, 0.1) is 12.7 Å². The van der Waals surface area contributed by atoms with Crippen LogP contribution in [0.2, 0.25) is 0 Å². The Hall–Kier alpha value is -0.336. The Morgan fingerprint density at radius 1 is 1.65 bits per heavy atom. The molecule has 0 bridgehead atoms. The quantitative estimate of drug-likeness (QED) is 0.725. The Morgan fingerprint density at radius 2 is 2.35 bits per heavy atom. The standard InChI is InChI=1S/C12H18N3O4.Y/c1-7-10(16)8(6-18-3)19-11(7)15-5-4-9(13-2)14-12(15)17;/h4-5,8,10-11,16H,6H2,1-3H3,(H,13,14,17);/q-1;/t8-,10+,11-;/m1./s1. The van der Waals surface area contributed by atoms with E-state index in [1.165, 1.54) is 11.7 Å². The van der Waals surface area contributed by atoms with Crippen molar-refractivity contribution in [1.82, 2.24) is 9.55 Å². The summed E-state index contributed by atoms with van der Waals surface area (Å²) in [4.78, 5) is 15.8. The molecule has 3 atom stereocenters. The van der Waals surface area contributed by atoms with Gasteiger partial charge in [-0.05, 0) is 12.2 Å². The average Bonchev–Trinajstić information content (AvgIpc) is 2.67. The molecule has 1 saturated heterocycles. The summed E-state index contributed by atoms with van der Waals surface area (Å²) in [5.41, 5.74) is -0.429. The van der Waals surface area contributed by atoms with Crippen LogP contribution in [-0.2, 0) is 42.2 Å². The van der Waals surface area contributed by atoms with E-state index in [1.54, 1.807) is 26.2 Å². The Balaban J connectivity index is 0.00000200. The summed E-state index contributed by atoms with van der Waals surface area (Å²) < 4.78 is 12.0. The molecule has 0 aliphatic carbocycles. The minimum absolute atomic E-state index is 0. The van der Waals surface area contributed by atoms with Crippen LogP contribution < -0.4 is 11.0 Å². The molecule has 2 heterocycles. The molecule has 0 amide bonds. The first-order chi connectivity index (χ1) is 9.08. The minimum atomic E-state index is -0.749. The van der Waals surface area contributed by atoms with Crippen molar-refractivity contribution in [3.63, 3.8) is 0 Å². The molecule has 20 heavy (non-hydrogen) atoms. The number of aromatic nitrogens is 2. The van der Waals surface area contributed by atoms with E-state index >= 15 is 0 Å². The van der Waals surface area contributed by atoms with Gasteiger partial charge in [0.15, 0.2) is 0 Å². The monoisotopic (exact) mass is 357 g/mol. The molecule has 1 fully saturated rings. The van der Waals surface area contributed by atoms with Crippen LogP contribution in [0.15, 0.2) is 17.1 Å². The number of aliphatic hydroxyl groups excluding tert-OH is 1. The second-order valence-electron chi connectivity index (χ2n) is 4.42. The van der Waals surface area contributed by atoms with Gasteiger partial charge in [-0.2, -0.15) is 11.9 Å². The van der Waals surface area contributed by atoms with Crippen LogP contribution in [0.1, 0.15) is 13.2 Å². The number of anilines is 1. The van der Waals surface area contributed by atoms with Crippen LogP contribution in [0.3, 0.4) is 0 Å². The molecule has 0 saturated carbocycles. The van der Waals surface area contributed by atoms with Gasteiger partial charge in [-0.3, -0.25) is 0 Å². The average molecular weight is 357 g/mol. The van der Waals surface area contributed by atoms with Crippen molar-refractivity contribution in [3.05, 3.63) is 28.7 Å². The summed E-state index contributed by atoms with van der Waals surface area (Å²) in [6, 6.07) is 1.67. The molecule has 2 N–H and O–H groups in total. The predicted octanol–water partition coefficient (Wildman–Crippen LogP) is -0.218. The molecule has 1 radical (unpaired) electrons. The molecule has 8 heteroatoms. The number of ether oxygens (including phenoxy) is 2. The number of aliphatic hydroxyl groups is 1. The van der Waals surface area contributed by atoms with Crippen LogP contribution >= 0.6 is 0 Å². The number of hydrogen-bond acceptors (Lipinski definition) is 6. The van der Waals surface area contributed by atoms with Gasteiger partial charge in [0.2, 0.25) is 0 Å². The summed E-state index contributed by atoms with van der Waals surface area (Å²) in [5, 5.41) is 12.8. The van der Waals surface area contributed by atoms with Crippen LogP contribution in [-0.4, -0.2) is 47.6 Å². The van der Waals surface area contributed by atoms with Crippen molar-refractivity contribution < 1.29 is 47.3 Å². The fraction of sp³-hybridized carbons (Fsp3) is 0.583. The van der Waals surface area contributed by atoms with E-state index in [4.69, 9.17) is 9.47 Å². The third-order valence-electron chi connectivity index (χ3n) is 3.18. The fourth-order valence-electron chi connectivity index (χ4n) is 2.10. The molecule has 109 valence electrons. The van der Waals surface area contributed by atoms with Gasteiger partial charge >= 0.3 is 5.69 Å². The van der Waals surface area contributed by atoms with Crippen molar-refractivity contribution >= 4 is 5.82 Å². The second kappa shape index (κ2) is 7.61. The van der Waals surface area contributed by atoms with Crippen molar-refractivity contribution in [2.24, 2.45) is 0 Å². The smallest absolute Gasteiger partial charge is 0.349 e. The number of methoxy groups -OCH3 is 1. The second-order valence-corrected chi connectivity index (χ2v) is 4.42. The molecule has 1 aromatic heterocycles. The maximum Gasteiger partial charge on any atom is 0.349 e. The van der Waals surface area contributed by atoms with E-state index in [1.807, 2.05) is 0 Å². The third kappa shape index (κ3) is 3.46. The Bertz CT molecular complexity index is 496. The SMILES string of the molecule is CNc1ccn([C@@H]2O[C@H](COC)[C@@H](O)[C-]2C)c(=O)n1.[Y]. The molecule has 0 unspecified atom stereocenters. The van der Waals surface area contributed by atoms with E-state index in [2.05, 4.69) is 10.3 Å². The molecule has 7 nitrogen and oxygen atoms in total. The largest absolute Gasteiger partial charge is 0.422 e. The predicted molar refractivity (Wildman–Crippen MR) is 68.8 cm³/mol. The normalized spacial score (nSPS) is 26.3. The van der Waals surface area contributed by atoms with Gasteiger partial charge < -0.3 is 24.5 Å². The molecule has 0 aromatic carbocycles. The number of hydrogen-bond donors (Lipinski definition) is 2. The Labute approximate surface area is 142 Å². The topological polar surface area (TPSA) is 85.6 Å². The zero-order valence-corrected chi connectivity index (χ0v) is 14.6. The van der Waals surface area contributed by atoms with Crippen LogP contribution in [0.4, 0.5) is 5.82 Å². The summed E-state index contributed by atoms with van der Waals surface area (Å²) in [6.07, 6.45) is -0.232. The van der Waals surface area contributed by atoms with Crippen molar-refractivity contribution in [2.45, 2.75) is 25.4 Å². The zero-order chi connectivity index (χ0) is 14.0. The van der Waals surface area contributed by atoms with Gasteiger partial charge in [-0.15, -0.1) is 0 Å². The number of nitrogens with zero attached hydrogens (tertiary/aromatic N) is 2. The van der Waals surface area contributed by atoms with Crippen LogP contribution in [0.5, 0.6) is 0 Å². The van der Waals surface area contributed by atoms with E-state index in [0.29, 0.717) is 11.7 Å². The van der Waals surface area contributed by atoms with Crippen molar-refractivity contribution in [1.29, 1.82) is 0 Å². The van der Waals surface area contributed by atoms with Gasteiger partial charge in [0, 0.05) is 59.3 Å². The van der Waals surface area contributed by atoms with E-state index in [9.17, 15) is 9.90 Å². The zero-order valence-electron chi connectivity index (χ0n) is 11.7. The van der Waals surface area contributed by atoms with Gasteiger partial charge in [-0.25, -0.2) is 10.7 Å². The summed E-state index contributed by atoms with van der Waals surface area (Å²) >= 11 is 0. The van der Waals surface area contributed by atoms with Gasteiger partial charge in [-0.1, -0.05) is 0 Å². The maximum absolute atomic E-state index is 11.9. The van der Waals surface area contributed by atoms with Crippen molar-refractivity contribution in [2.75, 3.05) is 26.1 Å².